The Morgan fingerprint density at radius 2 is 1.79 bits per heavy atom. The van der Waals surface area contributed by atoms with Crippen molar-refractivity contribution in [3.8, 4) is 5.69 Å². The largest absolute Gasteiger partial charge is 0.331 e. The maximum atomic E-state index is 12.6. The molecule has 0 saturated carbocycles. The fourth-order valence-corrected chi connectivity index (χ4v) is 4.70. The number of hydrogen-bond acceptors (Lipinski definition) is 4. The van der Waals surface area contributed by atoms with Crippen LogP contribution in [-0.4, -0.2) is 20.8 Å². The summed E-state index contributed by atoms with van der Waals surface area (Å²) in [6, 6.07) is 20.8. The molecule has 2 amide bonds. The number of halogens is 2. The first-order valence-electron chi connectivity index (χ1n) is 10.6. The zero-order valence-electron chi connectivity index (χ0n) is 18.7. The summed E-state index contributed by atoms with van der Waals surface area (Å²) in [6.45, 7) is 4.12. The lowest BCUT2D eigenvalue weighted by atomic mass is 10.1. The molecule has 1 aromatic heterocycles. The van der Waals surface area contributed by atoms with Crippen molar-refractivity contribution in [1.82, 2.24) is 20.1 Å². The fourth-order valence-electron chi connectivity index (χ4n) is 3.41. The molecule has 0 aliphatic rings. The van der Waals surface area contributed by atoms with Crippen molar-refractivity contribution in [2.45, 2.75) is 31.3 Å². The third kappa shape index (κ3) is 5.91. The van der Waals surface area contributed by atoms with Crippen molar-refractivity contribution >= 4 is 46.7 Å². The molecule has 1 heterocycles. The number of carbonyl (C=O) groups is 1. The minimum atomic E-state index is -0.336. The normalized spacial score (nSPS) is 10.8. The lowest BCUT2D eigenvalue weighted by molar-refractivity contribution is 0.251. The van der Waals surface area contributed by atoms with E-state index in [2.05, 4.69) is 33.0 Å². The van der Waals surface area contributed by atoms with Crippen LogP contribution in [0.15, 0.2) is 71.9 Å². The summed E-state index contributed by atoms with van der Waals surface area (Å²) < 4.78 is 1.83. The van der Waals surface area contributed by atoms with Gasteiger partial charge >= 0.3 is 6.03 Å². The Hall–Kier alpha value is -3.00. The molecule has 4 rings (SSSR count). The van der Waals surface area contributed by atoms with Gasteiger partial charge in [-0.2, -0.15) is 0 Å². The topological polar surface area (TPSA) is 71.8 Å². The van der Waals surface area contributed by atoms with E-state index in [1.165, 1.54) is 11.8 Å². The van der Waals surface area contributed by atoms with Crippen molar-refractivity contribution in [3.05, 3.63) is 99.3 Å². The first-order chi connectivity index (χ1) is 16.4. The third-order valence-corrected chi connectivity index (χ3v) is 6.65. The van der Waals surface area contributed by atoms with Crippen molar-refractivity contribution in [1.29, 1.82) is 0 Å². The highest BCUT2D eigenvalue weighted by molar-refractivity contribution is 7.98. The highest BCUT2D eigenvalue weighted by Gasteiger charge is 2.18. The molecular formula is C25H23Cl2N5OS. The number of thioether (sulfide) groups is 1. The summed E-state index contributed by atoms with van der Waals surface area (Å²) in [6.07, 6.45) is 0. The lowest BCUT2D eigenvalue weighted by Crippen LogP contribution is -2.29. The quantitative estimate of drug-likeness (QED) is 0.267. The molecule has 174 valence electrons. The number of aryl methyl sites for hydroxylation is 2. The van der Waals surface area contributed by atoms with Gasteiger partial charge < -0.3 is 10.6 Å². The Bertz CT molecular complexity index is 1310. The van der Waals surface area contributed by atoms with E-state index in [0.717, 1.165) is 22.4 Å². The van der Waals surface area contributed by atoms with Gasteiger partial charge in [0.25, 0.3) is 0 Å². The van der Waals surface area contributed by atoms with Crippen LogP contribution in [0.2, 0.25) is 10.0 Å². The second kappa shape index (κ2) is 11.0. The van der Waals surface area contributed by atoms with Gasteiger partial charge in [-0.25, -0.2) is 4.79 Å². The summed E-state index contributed by atoms with van der Waals surface area (Å²) >= 11 is 14.3. The number of amides is 2. The van der Waals surface area contributed by atoms with Crippen LogP contribution in [0.1, 0.15) is 22.5 Å². The summed E-state index contributed by atoms with van der Waals surface area (Å²) in [5, 5.41) is 16.1. The number of carbonyl (C=O) groups excluding carboxylic acids is 1. The molecule has 0 radical (unpaired) electrons. The molecular weight excluding hydrogens is 489 g/mol. The van der Waals surface area contributed by atoms with Gasteiger partial charge in [-0.1, -0.05) is 83.0 Å². The first kappa shape index (κ1) is 24.1. The second-order valence-electron chi connectivity index (χ2n) is 7.73. The maximum Gasteiger partial charge on any atom is 0.319 e. The number of anilines is 1. The molecule has 0 aliphatic heterocycles. The Morgan fingerprint density at radius 3 is 2.56 bits per heavy atom. The predicted molar refractivity (Wildman–Crippen MR) is 139 cm³/mol. The van der Waals surface area contributed by atoms with Crippen LogP contribution in [0.3, 0.4) is 0 Å². The number of urea groups is 1. The van der Waals surface area contributed by atoms with Gasteiger partial charge in [-0.15, -0.1) is 10.2 Å². The van der Waals surface area contributed by atoms with E-state index in [-0.39, 0.29) is 12.6 Å². The summed E-state index contributed by atoms with van der Waals surface area (Å²) in [5.41, 5.74) is 4.69. The van der Waals surface area contributed by atoms with E-state index in [1.54, 1.807) is 18.2 Å². The van der Waals surface area contributed by atoms with Crippen LogP contribution in [0, 0.1) is 13.8 Å². The molecule has 4 aromatic rings. The molecule has 0 saturated heterocycles. The summed E-state index contributed by atoms with van der Waals surface area (Å²) in [5.74, 6) is 1.24. The molecule has 2 N–H and O–H groups in total. The molecule has 3 aromatic carbocycles. The van der Waals surface area contributed by atoms with Crippen molar-refractivity contribution in [2.75, 3.05) is 5.32 Å². The van der Waals surface area contributed by atoms with Gasteiger partial charge in [-0.3, -0.25) is 4.57 Å². The second-order valence-corrected chi connectivity index (χ2v) is 9.52. The van der Waals surface area contributed by atoms with Gasteiger partial charge in [0.2, 0.25) is 0 Å². The van der Waals surface area contributed by atoms with Crippen LogP contribution in [0.5, 0.6) is 0 Å². The van der Waals surface area contributed by atoms with Crippen molar-refractivity contribution in [3.63, 3.8) is 0 Å². The number of nitrogens with one attached hydrogen (secondary N) is 2. The number of nitrogens with zero attached hydrogens (tertiary/aromatic N) is 3. The number of benzene rings is 3. The first-order valence-corrected chi connectivity index (χ1v) is 12.3. The number of hydrogen-bond donors (Lipinski definition) is 2. The Kier molecular flexibility index (Phi) is 7.77. The molecule has 6 nitrogen and oxygen atoms in total. The molecule has 0 fully saturated rings. The molecule has 0 spiro atoms. The monoisotopic (exact) mass is 511 g/mol. The molecule has 34 heavy (non-hydrogen) atoms. The number of aromatic nitrogens is 3. The van der Waals surface area contributed by atoms with Crippen LogP contribution >= 0.6 is 35.0 Å². The number of rotatable bonds is 7. The fraction of sp³-hybridized carbons (Fsp3) is 0.160. The highest BCUT2D eigenvalue weighted by Crippen LogP contribution is 2.31. The Morgan fingerprint density at radius 1 is 1.00 bits per heavy atom. The van der Waals surface area contributed by atoms with Crippen molar-refractivity contribution in [2.24, 2.45) is 0 Å². The average Bonchev–Trinajstić information content (AvgIpc) is 3.23. The van der Waals surface area contributed by atoms with Crippen LogP contribution in [-0.2, 0) is 12.3 Å². The predicted octanol–water partition coefficient (Wildman–Crippen LogP) is 6.80. The third-order valence-electron chi connectivity index (χ3n) is 5.10. The molecule has 0 unspecified atom stereocenters. The highest BCUT2D eigenvalue weighted by atomic mass is 35.5. The van der Waals surface area contributed by atoms with Gasteiger partial charge in [0, 0.05) is 16.5 Å². The van der Waals surface area contributed by atoms with Gasteiger partial charge in [0.05, 0.1) is 17.3 Å². The minimum absolute atomic E-state index is 0.151. The molecule has 0 atom stereocenters. The standard InChI is InChI=1S/C25H23Cl2N5OS/c1-16-8-11-21(17(2)12-16)29-24(33)28-14-23-30-31-25(34-15-18-6-4-3-5-7-18)32(23)22-13-19(26)9-10-20(22)27/h3-13H,14-15H2,1-2H3,(H2,28,29,33). The zero-order valence-corrected chi connectivity index (χ0v) is 21.0. The zero-order chi connectivity index (χ0) is 24.1. The average molecular weight is 512 g/mol. The molecule has 9 heteroatoms. The smallest absolute Gasteiger partial charge is 0.319 e. The maximum absolute atomic E-state index is 12.6. The molecule has 0 bridgehead atoms. The van der Waals surface area contributed by atoms with E-state index in [4.69, 9.17) is 23.2 Å². The van der Waals surface area contributed by atoms with Crippen LogP contribution in [0.25, 0.3) is 5.69 Å². The molecule has 0 aliphatic carbocycles. The van der Waals surface area contributed by atoms with Gasteiger partial charge in [0.1, 0.15) is 0 Å². The summed E-state index contributed by atoms with van der Waals surface area (Å²) in [4.78, 5) is 12.6. The van der Waals surface area contributed by atoms with E-state index in [9.17, 15) is 4.79 Å². The summed E-state index contributed by atoms with van der Waals surface area (Å²) in [7, 11) is 0. The van der Waals surface area contributed by atoms with E-state index in [1.807, 2.05) is 54.8 Å². The Labute approximate surface area is 212 Å². The van der Waals surface area contributed by atoms with Crippen LogP contribution in [0.4, 0.5) is 10.5 Å². The van der Waals surface area contributed by atoms with Gasteiger partial charge in [-0.05, 0) is 49.2 Å². The lowest BCUT2D eigenvalue weighted by Gasteiger charge is -2.14. The SMILES string of the molecule is Cc1ccc(NC(=O)NCc2nnc(SCc3ccccc3)n2-c2cc(Cl)ccc2Cl)c(C)c1. The minimum Gasteiger partial charge on any atom is -0.331 e. The van der Waals surface area contributed by atoms with E-state index >= 15 is 0 Å². The van der Waals surface area contributed by atoms with Gasteiger partial charge in [0.15, 0.2) is 11.0 Å². The van der Waals surface area contributed by atoms with E-state index < -0.39 is 0 Å². The van der Waals surface area contributed by atoms with E-state index in [0.29, 0.717) is 32.5 Å². The van der Waals surface area contributed by atoms with Crippen molar-refractivity contribution < 1.29 is 4.79 Å². The Balaban J connectivity index is 1.55. The van der Waals surface area contributed by atoms with Crippen LogP contribution < -0.4 is 10.6 Å².